The molecule has 2 aromatic rings. The highest BCUT2D eigenvalue weighted by molar-refractivity contribution is 6.31. The van der Waals surface area contributed by atoms with Crippen molar-refractivity contribution in [2.45, 2.75) is 6.42 Å². The molecule has 30 heavy (non-hydrogen) atoms. The van der Waals surface area contributed by atoms with Crippen LogP contribution < -0.4 is 15.4 Å². The molecule has 7 heteroatoms. The smallest absolute Gasteiger partial charge is 0.255 e. The van der Waals surface area contributed by atoms with Crippen LogP contribution in [0.25, 0.3) is 6.08 Å². The molecule has 0 atom stereocenters. The maximum Gasteiger partial charge on any atom is 0.255 e. The van der Waals surface area contributed by atoms with Crippen LogP contribution in [0.4, 0.5) is 0 Å². The fourth-order valence-electron chi connectivity index (χ4n) is 3.15. The minimum atomic E-state index is -0.218. The zero-order chi connectivity index (χ0) is 21.2. The van der Waals surface area contributed by atoms with E-state index < -0.39 is 0 Å². The molecule has 0 unspecified atom stereocenters. The van der Waals surface area contributed by atoms with Gasteiger partial charge in [-0.05, 0) is 30.2 Å². The molecule has 0 radical (unpaired) electrons. The number of ether oxygens (including phenoxy) is 1. The van der Waals surface area contributed by atoms with Gasteiger partial charge in [-0.1, -0.05) is 54.1 Å². The Bertz CT molecular complexity index is 887. The van der Waals surface area contributed by atoms with E-state index in [2.05, 4.69) is 15.5 Å². The van der Waals surface area contributed by atoms with Gasteiger partial charge in [0.05, 0.1) is 18.7 Å². The molecule has 1 aliphatic heterocycles. The lowest BCUT2D eigenvalue weighted by Gasteiger charge is -2.21. The van der Waals surface area contributed by atoms with Crippen LogP contribution in [-0.4, -0.2) is 56.0 Å². The Kier molecular flexibility index (Phi) is 8.30. The van der Waals surface area contributed by atoms with Crippen LogP contribution in [0.15, 0.2) is 54.6 Å². The minimum Gasteiger partial charge on any atom is -0.491 e. The van der Waals surface area contributed by atoms with E-state index in [4.69, 9.17) is 16.3 Å². The van der Waals surface area contributed by atoms with Gasteiger partial charge in [-0.25, -0.2) is 0 Å². The normalized spacial score (nSPS) is 16.8. The van der Waals surface area contributed by atoms with Gasteiger partial charge in [0.15, 0.2) is 0 Å². The molecule has 0 spiro atoms. The summed E-state index contributed by atoms with van der Waals surface area (Å²) in [6.07, 6.45) is 4.81. The van der Waals surface area contributed by atoms with E-state index in [1.54, 1.807) is 18.2 Å². The molecule has 3 rings (SSSR count). The van der Waals surface area contributed by atoms with Crippen molar-refractivity contribution in [3.05, 3.63) is 70.8 Å². The first-order chi connectivity index (χ1) is 14.6. The Morgan fingerprint density at radius 1 is 1.07 bits per heavy atom. The molecule has 1 aliphatic rings. The molecular formula is C23H26ClN3O3. The predicted molar refractivity (Wildman–Crippen MR) is 119 cm³/mol. The van der Waals surface area contributed by atoms with Gasteiger partial charge in [-0.3, -0.25) is 14.5 Å². The van der Waals surface area contributed by atoms with E-state index >= 15 is 0 Å². The number of amides is 2. The summed E-state index contributed by atoms with van der Waals surface area (Å²) >= 11 is 6.04. The fraction of sp³-hybridized carbons (Fsp3) is 0.304. The van der Waals surface area contributed by atoms with Crippen LogP contribution in [0.3, 0.4) is 0 Å². The van der Waals surface area contributed by atoms with Crippen LogP contribution in [0.5, 0.6) is 5.75 Å². The van der Waals surface area contributed by atoms with Crippen molar-refractivity contribution >= 4 is 29.5 Å². The second-order valence-electron chi connectivity index (χ2n) is 7.00. The number of fused-ring (bicyclic) bond motifs is 1. The fourth-order valence-corrected chi connectivity index (χ4v) is 3.32. The number of hydrogen-bond donors (Lipinski definition) is 2. The van der Waals surface area contributed by atoms with E-state index in [1.165, 1.54) is 0 Å². The molecule has 0 fully saturated rings. The van der Waals surface area contributed by atoms with Gasteiger partial charge >= 0.3 is 0 Å². The van der Waals surface area contributed by atoms with Gasteiger partial charge in [0.25, 0.3) is 5.91 Å². The van der Waals surface area contributed by atoms with Gasteiger partial charge in [0.2, 0.25) is 5.91 Å². The summed E-state index contributed by atoms with van der Waals surface area (Å²) < 4.78 is 5.69. The van der Waals surface area contributed by atoms with E-state index in [0.29, 0.717) is 49.1 Å². The van der Waals surface area contributed by atoms with Crippen LogP contribution in [0.1, 0.15) is 22.3 Å². The van der Waals surface area contributed by atoms with E-state index in [0.717, 1.165) is 12.0 Å². The molecule has 6 nitrogen and oxygen atoms in total. The monoisotopic (exact) mass is 427 g/mol. The first-order valence-electron chi connectivity index (χ1n) is 10.0. The lowest BCUT2D eigenvalue weighted by Crippen LogP contribution is -2.40. The third-order valence-electron chi connectivity index (χ3n) is 4.65. The molecule has 0 bridgehead atoms. The van der Waals surface area contributed by atoms with Gasteiger partial charge in [-0.15, -0.1) is 0 Å². The molecular weight excluding hydrogens is 402 g/mol. The molecule has 158 valence electrons. The van der Waals surface area contributed by atoms with Gasteiger partial charge in [0, 0.05) is 24.7 Å². The van der Waals surface area contributed by atoms with Gasteiger partial charge in [0.1, 0.15) is 12.4 Å². The van der Waals surface area contributed by atoms with Crippen LogP contribution in [0.2, 0.25) is 5.02 Å². The highest BCUT2D eigenvalue weighted by Crippen LogP contribution is 2.23. The van der Waals surface area contributed by atoms with Crippen LogP contribution in [0, 0.1) is 0 Å². The first-order valence-corrected chi connectivity index (χ1v) is 10.4. The molecule has 0 aliphatic carbocycles. The van der Waals surface area contributed by atoms with Crippen molar-refractivity contribution in [3.63, 3.8) is 0 Å². The average molecular weight is 428 g/mol. The van der Waals surface area contributed by atoms with E-state index in [9.17, 15) is 9.59 Å². The average Bonchev–Trinajstić information content (AvgIpc) is 2.75. The third-order valence-corrected chi connectivity index (χ3v) is 4.88. The van der Waals surface area contributed by atoms with Crippen molar-refractivity contribution in [1.82, 2.24) is 15.5 Å². The molecule has 0 aromatic heterocycles. The maximum atomic E-state index is 12.5. The Balaban J connectivity index is 1.63. The van der Waals surface area contributed by atoms with Crippen molar-refractivity contribution < 1.29 is 14.3 Å². The van der Waals surface area contributed by atoms with Crippen LogP contribution >= 0.6 is 11.6 Å². The van der Waals surface area contributed by atoms with Gasteiger partial charge < -0.3 is 15.4 Å². The van der Waals surface area contributed by atoms with E-state index in [1.807, 2.05) is 42.5 Å². The highest BCUT2D eigenvalue weighted by Gasteiger charge is 2.15. The lowest BCUT2D eigenvalue weighted by molar-refractivity contribution is -0.122. The second kappa shape index (κ2) is 11.4. The molecule has 2 N–H and O–H groups in total. The zero-order valence-electron chi connectivity index (χ0n) is 16.8. The standard InChI is InChI=1S/C23H26ClN3O3/c24-19-9-10-21-20(16-19)23(29)26-11-5-14-27(17-22(28)25-12-15-30-21)13-4-8-18-6-2-1-3-7-18/h1-4,6-10,16H,5,11-15,17H2,(H,25,28)(H,26,29)/b8-4+. The van der Waals surface area contributed by atoms with Crippen molar-refractivity contribution in [3.8, 4) is 5.75 Å². The molecule has 2 amide bonds. The maximum absolute atomic E-state index is 12.5. The first kappa shape index (κ1) is 21.9. The number of benzene rings is 2. The van der Waals surface area contributed by atoms with E-state index in [-0.39, 0.29) is 18.4 Å². The summed E-state index contributed by atoms with van der Waals surface area (Å²) in [5, 5.41) is 6.25. The lowest BCUT2D eigenvalue weighted by atomic mass is 10.2. The highest BCUT2D eigenvalue weighted by atomic mass is 35.5. The Morgan fingerprint density at radius 2 is 1.90 bits per heavy atom. The number of nitrogens with zero attached hydrogens (tertiary/aromatic N) is 1. The Morgan fingerprint density at radius 3 is 2.73 bits per heavy atom. The van der Waals surface area contributed by atoms with Crippen molar-refractivity contribution in [1.29, 1.82) is 0 Å². The molecule has 0 saturated carbocycles. The number of hydrogen-bond acceptors (Lipinski definition) is 4. The Hall–Kier alpha value is -2.83. The summed E-state index contributed by atoms with van der Waals surface area (Å²) in [5.41, 5.74) is 1.51. The summed E-state index contributed by atoms with van der Waals surface area (Å²) in [7, 11) is 0. The number of halogens is 1. The number of nitrogens with one attached hydrogen (secondary N) is 2. The van der Waals surface area contributed by atoms with Crippen molar-refractivity contribution in [2.75, 3.05) is 39.3 Å². The molecule has 1 heterocycles. The largest absolute Gasteiger partial charge is 0.491 e. The number of carbonyl (C=O) groups excluding carboxylic acids is 2. The van der Waals surface area contributed by atoms with Gasteiger partial charge in [-0.2, -0.15) is 0 Å². The summed E-state index contributed by atoms with van der Waals surface area (Å²) in [6.45, 7) is 2.74. The number of rotatable bonds is 3. The second-order valence-corrected chi connectivity index (χ2v) is 7.43. The topological polar surface area (TPSA) is 70.7 Å². The Labute approximate surface area is 181 Å². The predicted octanol–water partition coefficient (Wildman–Crippen LogP) is 2.98. The third kappa shape index (κ3) is 6.90. The summed E-state index contributed by atoms with van der Waals surface area (Å²) in [5.74, 6) is 0.184. The quantitative estimate of drug-likeness (QED) is 0.790. The van der Waals surface area contributed by atoms with Crippen molar-refractivity contribution in [2.24, 2.45) is 0 Å². The number of carbonyl (C=O) groups is 2. The summed E-state index contributed by atoms with van der Waals surface area (Å²) in [6, 6.07) is 15.0. The summed E-state index contributed by atoms with van der Waals surface area (Å²) in [4.78, 5) is 26.9. The van der Waals surface area contributed by atoms with Crippen LogP contribution in [-0.2, 0) is 4.79 Å². The minimum absolute atomic E-state index is 0.0517. The molecule has 2 aromatic carbocycles. The molecule has 0 saturated heterocycles. The zero-order valence-corrected chi connectivity index (χ0v) is 17.5. The SMILES string of the molecule is O=C1CN(C/C=C/c2ccccc2)CCCNC(=O)c2cc(Cl)ccc2OCCN1.